The molecule has 1 fully saturated rings. The van der Waals surface area contributed by atoms with Crippen molar-refractivity contribution < 1.29 is 31.4 Å². The number of anilines is 1. The summed E-state index contributed by atoms with van der Waals surface area (Å²) in [5.74, 6) is 0.373. The van der Waals surface area contributed by atoms with Crippen molar-refractivity contribution in [3.8, 4) is 17.3 Å². The Bertz CT molecular complexity index is 1110. The van der Waals surface area contributed by atoms with Gasteiger partial charge >= 0.3 is 6.36 Å². The summed E-state index contributed by atoms with van der Waals surface area (Å²) in [6.45, 7) is 2.17. The molecule has 1 saturated heterocycles. The van der Waals surface area contributed by atoms with Gasteiger partial charge < -0.3 is 18.9 Å². The number of morpholine rings is 1. The third kappa shape index (κ3) is 5.83. The molecule has 2 atom stereocenters. The van der Waals surface area contributed by atoms with Gasteiger partial charge in [-0.1, -0.05) is 18.2 Å². The van der Waals surface area contributed by atoms with Gasteiger partial charge in [-0.3, -0.25) is 4.98 Å². The van der Waals surface area contributed by atoms with Gasteiger partial charge in [-0.05, 0) is 29.8 Å². The number of hydrogen-bond acceptors (Lipinski definition) is 7. The Morgan fingerprint density at radius 2 is 1.82 bits per heavy atom. The lowest BCUT2D eigenvalue weighted by molar-refractivity contribution is -0.274. The van der Waals surface area contributed by atoms with Crippen LogP contribution < -0.4 is 9.64 Å². The number of benzene rings is 1. The molecule has 2 unspecified atom stereocenters. The van der Waals surface area contributed by atoms with Gasteiger partial charge in [-0.2, -0.15) is 0 Å². The summed E-state index contributed by atoms with van der Waals surface area (Å²) in [5, 5.41) is -1.13. The highest BCUT2D eigenvalue weighted by molar-refractivity contribution is 7.79. The van der Waals surface area contributed by atoms with Crippen LogP contribution in [-0.4, -0.2) is 56.4 Å². The first-order chi connectivity index (χ1) is 15.8. The number of rotatable bonds is 6. The smallest absolute Gasteiger partial charge is 0.406 e. The minimum absolute atomic E-state index is 0.234. The predicted octanol–water partition coefficient (Wildman–Crippen LogP) is 3.58. The zero-order valence-corrected chi connectivity index (χ0v) is 17.9. The standard InChI is InChI=1S/C21H19F3N4O4S/c22-21(23,24)32-15-6-4-14(5-7-15)19(33(29)30)17-13-18(28-9-11-31-12-10-28)27-20(26-17)16-3-1-2-8-25-16/h1-8,13,19H,9-12H2,(H,29,30). The number of alkyl halides is 3. The molecule has 174 valence electrons. The highest BCUT2D eigenvalue weighted by atomic mass is 32.2. The molecule has 0 aliphatic carbocycles. The van der Waals surface area contributed by atoms with Gasteiger partial charge in [-0.25, -0.2) is 14.2 Å². The minimum Gasteiger partial charge on any atom is -0.406 e. The summed E-state index contributed by atoms with van der Waals surface area (Å²) in [6, 6.07) is 11.6. The molecule has 4 rings (SSSR count). The summed E-state index contributed by atoms with van der Waals surface area (Å²) in [4.78, 5) is 15.3. The molecule has 0 amide bonds. The summed E-state index contributed by atoms with van der Waals surface area (Å²) in [7, 11) is 0. The molecule has 0 spiro atoms. The lowest BCUT2D eigenvalue weighted by Gasteiger charge is -2.28. The Labute approximate surface area is 189 Å². The van der Waals surface area contributed by atoms with Gasteiger partial charge in [0.2, 0.25) is 0 Å². The van der Waals surface area contributed by atoms with Crippen molar-refractivity contribution in [1.82, 2.24) is 15.0 Å². The van der Waals surface area contributed by atoms with E-state index in [1.54, 1.807) is 30.5 Å². The normalized spacial score (nSPS) is 16.3. The maximum absolute atomic E-state index is 12.5. The van der Waals surface area contributed by atoms with E-state index in [0.717, 1.165) is 12.1 Å². The first-order valence-corrected chi connectivity index (χ1v) is 11.1. The van der Waals surface area contributed by atoms with Gasteiger partial charge in [0, 0.05) is 25.4 Å². The fraction of sp³-hybridized carbons (Fsp3) is 0.286. The first kappa shape index (κ1) is 23.1. The van der Waals surface area contributed by atoms with Crippen LogP contribution in [0, 0.1) is 0 Å². The molecule has 0 radical (unpaired) electrons. The number of hydrogen-bond donors (Lipinski definition) is 1. The zero-order valence-electron chi connectivity index (χ0n) is 17.1. The molecule has 0 bridgehead atoms. The average molecular weight is 480 g/mol. The SMILES string of the molecule is O=S(O)C(c1ccc(OC(F)(F)F)cc1)c1cc(N2CCOCC2)nc(-c2ccccn2)n1. The molecule has 0 saturated carbocycles. The van der Waals surface area contributed by atoms with E-state index >= 15 is 0 Å². The van der Waals surface area contributed by atoms with Crippen LogP contribution in [0.15, 0.2) is 54.7 Å². The van der Waals surface area contributed by atoms with Gasteiger partial charge in [0.1, 0.15) is 22.5 Å². The Morgan fingerprint density at radius 3 is 2.42 bits per heavy atom. The van der Waals surface area contributed by atoms with Crippen molar-refractivity contribution in [3.63, 3.8) is 0 Å². The van der Waals surface area contributed by atoms with Crippen LogP contribution in [0.4, 0.5) is 19.0 Å². The van der Waals surface area contributed by atoms with Crippen molar-refractivity contribution in [2.45, 2.75) is 11.6 Å². The third-order valence-corrected chi connectivity index (χ3v) is 5.77. The van der Waals surface area contributed by atoms with E-state index in [9.17, 15) is 21.9 Å². The van der Waals surface area contributed by atoms with Gasteiger partial charge in [0.15, 0.2) is 16.9 Å². The van der Waals surface area contributed by atoms with Crippen LogP contribution in [0.1, 0.15) is 16.5 Å². The van der Waals surface area contributed by atoms with Gasteiger partial charge in [0.25, 0.3) is 0 Å². The summed E-state index contributed by atoms with van der Waals surface area (Å²) in [5.41, 5.74) is 1.01. The fourth-order valence-corrected chi connectivity index (χ4v) is 4.10. The van der Waals surface area contributed by atoms with Crippen molar-refractivity contribution in [1.29, 1.82) is 0 Å². The molecule has 1 N–H and O–H groups in total. The maximum Gasteiger partial charge on any atom is 0.573 e. The molecule has 1 aliphatic heterocycles. The van der Waals surface area contributed by atoms with E-state index in [2.05, 4.69) is 19.7 Å². The van der Waals surface area contributed by atoms with Gasteiger partial charge in [0.05, 0.1) is 18.9 Å². The van der Waals surface area contributed by atoms with Gasteiger partial charge in [-0.15, -0.1) is 13.2 Å². The van der Waals surface area contributed by atoms with Crippen LogP contribution >= 0.6 is 0 Å². The summed E-state index contributed by atoms with van der Waals surface area (Å²) in [6.07, 6.45) is -3.25. The van der Waals surface area contributed by atoms with Crippen LogP contribution in [0.5, 0.6) is 5.75 Å². The predicted molar refractivity (Wildman–Crippen MR) is 114 cm³/mol. The lowest BCUT2D eigenvalue weighted by Crippen LogP contribution is -2.37. The monoisotopic (exact) mass is 480 g/mol. The molecular weight excluding hydrogens is 461 g/mol. The Hall–Kier alpha value is -3.09. The van der Waals surface area contributed by atoms with E-state index in [1.807, 2.05) is 4.90 Å². The highest BCUT2D eigenvalue weighted by Crippen LogP contribution is 2.32. The summed E-state index contributed by atoms with van der Waals surface area (Å²) >= 11 is -2.43. The van der Waals surface area contributed by atoms with E-state index in [0.29, 0.717) is 43.4 Å². The number of nitrogens with zero attached hydrogens (tertiary/aromatic N) is 4. The zero-order chi connectivity index (χ0) is 23.4. The lowest BCUT2D eigenvalue weighted by atomic mass is 10.1. The Kier molecular flexibility index (Phi) is 6.86. The quantitative estimate of drug-likeness (QED) is 0.535. The second-order valence-corrected chi connectivity index (χ2v) is 8.09. The number of aromatic nitrogens is 3. The molecule has 1 aromatic carbocycles. The Balaban J connectivity index is 1.76. The number of ether oxygens (including phenoxy) is 2. The molecule has 1 aliphatic rings. The van der Waals surface area contributed by atoms with Crippen LogP contribution in [0.2, 0.25) is 0 Å². The molecule has 2 aromatic heterocycles. The topological polar surface area (TPSA) is 97.7 Å². The van der Waals surface area contributed by atoms with E-state index < -0.39 is 28.4 Å². The van der Waals surface area contributed by atoms with E-state index in [-0.39, 0.29) is 11.5 Å². The number of halogens is 3. The highest BCUT2D eigenvalue weighted by Gasteiger charge is 2.31. The largest absolute Gasteiger partial charge is 0.573 e. The second kappa shape index (κ2) is 9.81. The molecule has 3 heterocycles. The molecule has 33 heavy (non-hydrogen) atoms. The van der Waals surface area contributed by atoms with Crippen LogP contribution in [-0.2, 0) is 15.8 Å². The molecule has 3 aromatic rings. The van der Waals surface area contributed by atoms with Crippen molar-refractivity contribution in [2.24, 2.45) is 0 Å². The molecule has 8 nitrogen and oxygen atoms in total. The minimum atomic E-state index is -4.84. The Morgan fingerprint density at radius 1 is 1.09 bits per heavy atom. The first-order valence-electron chi connectivity index (χ1n) is 9.88. The van der Waals surface area contributed by atoms with Crippen LogP contribution in [0.25, 0.3) is 11.5 Å². The number of pyridine rings is 1. The maximum atomic E-state index is 12.5. The van der Waals surface area contributed by atoms with Crippen molar-refractivity contribution in [2.75, 3.05) is 31.2 Å². The second-order valence-electron chi connectivity index (χ2n) is 7.06. The van der Waals surface area contributed by atoms with Crippen LogP contribution in [0.3, 0.4) is 0 Å². The molecule has 12 heteroatoms. The van der Waals surface area contributed by atoms with E-state index in [1.165, 1.54) is 12.1 Å². The average Bonchev–Trinajstić information content (AvgIpc) is 2.80. The van der Waals surface area contributed by atoms with Crippen molar-refractivity contribution >= 4 is 16.9 Å². The molecular formula is C21H19F3N4O4S. The van der Waals surface area contributed by atoms with E-state index in [4.69, 9.17) is 4.74 Å². The van der Waals surface area contributed by atoms with Crippen molar-refractivity contribution in [3.05, 3.63) is 66.0 Å². The fourth-order valence-electron chi connectivity index (χ4n) is 3.39. The third-order valence-electron chi connectivity index (χ3n) is 4.85. The summed E-state index contributed by atoms with van der Waals surface area (Å²) < 4.78 is 69.1.